The molecule has 0 saturated heterocycles. The molecule has 0 aliphatic carbocycles. The molecule has 2 heterocycles. The van der Waals surface area contributed by atoms with Gasteiger partial charge >= 0.3 is 0 Å². The van der Waals surface area contributed by atoms with Crippen molar-refractivity contribution in [1.29, 1.82) is 0 Å². The molecule has 0 unspecified atom stereocenters. The lowest BCUT2D eigenvalue weighted by Gasteiger charge is -2.11. The first-order valence-electron chi connectivity index (χ1n) is 9.57. The van der Waals surface area contributed by atoms with E-state index >= 15 is 0 Å². The van der Waals surface area contributed by atoms with Gasteiger partial charge in [-0.2, -0.15) is 0 Å². The van der Waals surface area contributed by atoms with Crippen molar-refractivity contribution in [2.45, 2.75) is 18.4 Å². The van der Waals surface area contributed by atoms with E-state index in [1.54, 1.807) is 37.3 Å². The zero-order valence-electron chi connectivity index (χ0n) is 17.1. The van der Waals surface area contributed by atoms with Gasteiger partial charge < -0.3 is 14.5 Å². The highest BCUT2D eigenvalue weighted by molar-refractivity contribution is 7.90. The van der Waals surface area contributed by atoms with E-state index in [1.165, 1.54) is 12.1 Å². The van der Waals surface area contributed by atoms with Crippen LogP contribution in [0.3, 0.4) is 0 Å². The number of anilines is 1. The van der Waals surface area contributed by atoms with Crippen LogP contribution >= 0.6 is 0 Å². The molecule has 2 aromatic heterocycles. The minimum absolute atomic E-state index is 0.157. The fraction of sp³-hybridized carbons (Fsp3) is 0.130. The number of fused-ring (bicyclic) bond motifs is 1. The third kappa shape index (κ3) is 4.75. The summed E-state index contributed by atoms with van der Waals surface area (Å²) in [6.07, 6.45) is 4.96. The molecule has 1 N–H and O–H groups in total. The summed E-state index contributed by atoms with van der Waals surface area (Å²) in [6.45, 7) is 2.11. The van der Waals surface area contributed by atoms with Crippen molar-refractivity contribution >= 4 is 27.1 Å². The molecule has 8 heteroatoms. The molecule has 158 valence electrons. The molecule has 0 fully saturated rings. The van der Waals surface area contributed by atoms with Crippen LogP contribution in [0.25, 0.3) is 5.65 Å². The van der Waals surface area contributed by atoms with Crippen molar-refractivity contribution in [2.24, 2.45) is 0 Å². The molecule has 0 radical (unpaired) electrons. The lowest BCUT2D eigenvalue weighted by Crippen LogP contribution is -2.13. The van der Waals surface area contributed by atoms with Gasteiger partial charge in [0.05, 0.1) is 10.6 Å². The van der Waals surface area contributed by atoms with Crippen LogP contribution in [0.2, 0.25) is 0 Å². The van der Waals surface area contributed by atoms with Crippen LogP contribution < -0.4 is 10.1 Å². The summed E-state index contributed by atoms with van der Waals surface area (Å²) in [5.74, 6) is 0.282. The van der Waals surface area contributed by atoms with Crippen molar-refractivity contribution < 1.29 is 17.9 Å². The van der Waals surface area contributed by atoms with E-state index in [9.17, 15) is 13.2 Å². The number of benzene rings is 2. The van der Waals surface area contributed by atoms with Gasteiger partial charge in [0.25, 0.3) is 5.91 Å². The second-order valence-electron chi connectivity index (χ2n) is 7.21. The van der Waals surface area contributed by atoms with Crippen molar-refractivity contribution in [2.75, 3.05) is 11.6 Å². The summed E-state index contributed by atoms with van der Waals surface area (Å²) in [4.78, 5) is 17.2. The van der Waals surface area contributed by atoms with Gasteiger partial charge in [-0.1, -0.05) is 12.1 Å². The quantitative estimate of drug-likeness (QED) is 0.496. The summed E-state index contributed by atoms with van der Waals surface area (Å²) in [5, 5.41) is 2.77. The molecule has 1 amide bonds. The van der Waals surface area contributed by atoms with Crippen LogP contribution in [-0.2, 0) is 16.4 Å². The van der Waals surface area contributed by atoms with E-state index in [0.717, 1.165) is 23.2 Å². The van der Waals surface area contributed by atoms with Crippen LogP contribution in [0, 0.1) is 6.92 Å². The number of aromatic nitrogens is 2. The standard InChI is InChI=1S/C23H21N3O4S/c1-16-6-11-20(31(2,28)29)13-21(16)25-23(27)17-7-9-19(10-8-17)30-15-18-14-26-12-4-3-5-22(26)24-18/h3-14H,15H2,1-2H3,(H,25,27). The highest BCUT2D eigenvalue weighted by atomic mass is 32.2. The minimum atomic E-state index is -3.36. The SMILES string of the molecule is Cc1ccc(S(C)(=O)=O)cc1NC(=O)c1ccc(OCc2cn3ccccc3n2)cc1. The molecule has 0 bridgehead atoms. The van der Waals surface area contributed by atoms with Gasteiger partial charge in [-0.3, -0.25) is 4.79 Å². The highest BCUT2D eigenvalue weighted by Gasteiger charge is 2.13. The lowest BCUT2D eigenvalue weighted by atomic mass is 10.1. The number of carbonyl (C=O) groups is 1. The van der Waals surface area contributed by atoms with E-state index in [4.69, 9.17) is 4.74 Å². The van der Waals surface area contributed by atoms with Crippen LogP contribution in [0.5, 0.6) is 5.75 Å². The Morgan fingerprint density at radius 1 is 1.10 bits per heavy atom. The number of carbonyl (C=O) groups excluding carboxylic acids is 1. The van der Waals surface area contributed by atoms with E-state index in [-0.39, 0.29) is 10.8 Å². The van der Waals surface area contributed by atoms with E-state index in [1.807, 2.05) is 35.0 Å². The molecule has 7 nitrogen and oxygen atoms in total. The Hall–Kier alpha value is -3.65. The summed E-state index contributed by atoms with van der Waals surface area (Å²) in [6, 6.07) is 17.2. The summed E-state index contributed by atoms with van der Waals surface area (Å²) < 4.78 is 31.2. The molecular weight excluding hydrogens is 414 g/mol. The molecule has 4 aromatic rings. The highest BCUT2D eigenvalue weighted by Crippen LogP contribution is 2.22. The zero-order chi connectivity index (χ0) is 22.0. The van der Waals surface area contributed by atoms with Crippen LogP contribution in [0.15, 0.2) is 78.0 Å². The summed E-state index contributed by atoms with van der Waals surface area (Å²) >= 11 is 0. The van der Waals surface area contributed by atoms with Crippen molar-refractivity contribution in [1.82, 2.24) is 9.38 Å². The summed E-state index contributed by atoms with van der Waals surface area (Å²) in [5.41, 5.74) is 3.31. The van der Waals surface area contributed by atoms with Gasteiger partial charge in [-0.05, 0) is 61.0 Å². The number of rotatable bonds is 6. The summed E-state index contributed by atoms with van der Waals surface area (Å²) in [7, 11) is -3.36. The number of aryl methyl sites for hydroxylation is 1. The Bertz CT molecular complexity index is 1330. The van der Waals surface area contributed by atoms with Gasteiger partial charge in [0.2, 0.25) is 0 Å². The molecule has 0 aliphatic heterocycles. The fourth-order valence-corrected chi connectivity index (χ4v) is 3.72. The maximum atomic E-state index is 12.6. The number of amides is 1. The van der Waals surface area contributed by atoms with Gasteiger partial charge in [-0.15, -0.1) is 0 Å². The third-order valence-corrected chi connectivity index (χ3v) is 5.91. The average Bonchev–Trinajstić information content (AvgIpc) is 3.16. The predicted molar refractivity (Wildman–Crippen MR) is 118 cm³/mol. The first kappa shape index (κ1) is 20.6. The number of sulfone groups is 1. The molecule has 31 heavy (non-hydrogen) atoms. The van der Waals surface area contributed by atoms with Crippen molar-refractivity contribution in [3.63, 3.8) is 0 Å². The number of nitrogens with zero attached hydrogens (tertiary/aromatic N) is 2. The molecular formula is C23H21N3O4S. The molecule has 0 atom stereocenters. The van der Waals surface area contributed by atoms with Crippen molar-refractivity contribution in [3.05, 3.63) is 89.9 Å². The van der Waals surface area contributed by atoms with Crippen LogP contribution in [-0.4, -0.2) is 30.0 Å². The molecule has 2 aromatic carbocycles. The van der Waals surface area contributed by atoms with Crippen LogP contribution in [0.4, 0.5) is 5.69 Å². The number of imidazole rings is 1. The number of ether oxygens (including phenoxy) is 1. The minimum Gasteiger partial charge on any atom is -0.487 e. The second-order valence-corrected chi connectivity index (χ2v) is 9.23. The van der Waals surface area contributed by atoms with Gasteiger partial charge in [0, 0.05) is 29.9 Å². The Labute approximate surface area is 180 Å². The molecule has 0 saturated carbocycles. The maximum Gasteiger partial charge on any atom is 0.255 e. The van der Waals surface area contributed by atoms with Gasteiger partial charge in [0.15, 0.2) is 9.84 Å². The van der Waals surface area contributed by atoms with Crippen molar-refractivity contribution in [3.8, 4) is 5.75 Å². The topological polar surface area (TPSA) is 89.8 Å². The Morgan fingerprint density at radius 2 is 1.87 bits per heavy atom. The third-order valence-electron chi connectivity index (χ3n) is 4.80. The second kappa shape index (κ2) is 8.23. The fourth-order valence-electron chi connectivity index (χ4n) is 3.08. The number of pyridine rings is 1. The van der Waals surface area contributed by atoms with E-state index in [0.29, 0.717) is 23.6 Å². The molecule has 0 spiro atoms. The first-order valence-corrected chi connectivity index (χ1v) is 11.5. The smallest absolute Gasteiger partial charge is 0.255 e. The van der Waals surface area contributed by atoms with Gasteiger partial charge in [0.1, 0.15) is 18.0 Å². The predicted octanol–water partition coefficient (Wildman–Crippen LogP) is 3.88. The van der Waals surface area contributed by atoms with Gasteiger partial charge in [-0.25, -0.2) is 13.4 Å². The maximum absolute atomic E-state index is 12.6. The molecule has 4 rings (SSSR count). The number of hydrogen-bond donors (Lipinski definition) is 1. The normalized spacial score (nSPS) is 11.4. The number of nitrogens with one attached hydrogen (secondary N) is 1. The lowest BCUT2D eigenvalue weighted by molar-refractivity contribution is 0.102. The van der Waals surface area contributed by atoms with E-state index < -0.39 is 9.84 Å². The monoisotopic (exact) mass is 435 g/mol. The Balaban J connectivity index is 1.42. The Kier molecular flexibility index (Phi) is 5.48. The van der Waals surface area contributed by atoms with E-state index in [2.05, 4.69) is 10.3 Å². The molecule has 0 aliphatic rings. The largest absolute Gasteiger partial charge is 0.487 e. The average molecular weight is 436 g/mol. The first-order chi connectivity index (χ1) is 14.8. The zero-order valence-corrected chi connectivity index (χ0v) is 17.9. The van der Waals surface area contributed by atoms with Crippen LogP contribution in [0.1, 0.15) is 21.6 Å². The Morgan fingerprint density at radius 3 is 2.58 bits per heavy atom. The number of hydrogen-bond acceptors (Lipinski definition) is 5.